The first-order valence-electron chi connectivity index (χ1n) is 10.0. The lowest BCUT2D eigenvalue weighted by Crippen LogP contribution is -2.16. The predicted octanol–water partition coefficient (Wildman–Crippen LogP) is 5.15. The lowest BCUT2D eigenvalue weighted by atomic mass is 9.85. The van der Waals surface area contributed by atoms with Crippen molar-refractivity contribution in [2.75, 3.05) is 5.73 Å². The van der Waals surface area contributed by atoms with E-state index in [1.807, 2.05) is 12.1 Å². The van der Waals surface area contributed by atoms with Gasteiger partial charge in [-0.05, 0) is 66.1 Å². The van der Waals surface area contributed by atoms with Crippen molar-refractivity contribution in [2.45, 2.75) is 12.3 Å². The van der Waals surface area contributed by atoms with E-state index in [9.17, 15) is 14.0 Å². The van der Waals surface area contributed by atoms with Gasteiger partial charge in [0.1, 0.15) is 17.2 Å². The SMILES string of the molecule is Nc1c(C(=O)O)cnn1-c1ccc(CC(C(=O)c2ccc(Cl)cc2)c2ccc(F)cc2)cc1. The Morgan fingerprint density at radius 2 is 1.64 bits per heavy atom. The number of carboxylic acids is 1. The Labute approximate surface area is 194 Å². The number of carbonyl (C=O) groups excluding carboxylic acids is 1. The first-order valence-corrected chi connectivity index (χ1v) is 10.4. The molecule has 3 N–H and O–H groups in total. The summed E-state index contributed by atoms with van der Waals surface area (Å²) in [6.07, 6.45) is 1.57. The normalized spacial score (nSPS) is 11.8. The number of hydrogen-bond acceptors (Lipinski definition) is 4. The fraction of sp³-hybridized carbons (Fsp3) is 0.0800. The number of rotatable bonds is 7. The summed E-state index contributed by atoms with van der Waals surface area (Å²) in [5.74, 6) is -2.15. The average Bonchev–Trinajstić information content (AvgIpc) is 3.20. The van der Waals surface area contributed by atoms with Crippen molar-refractivity contribution in [2.24, 2.45) is 0 Å². The van der Waals surface area contributed by atoms with Crippen LogP contribution in [0.2, 0.25) is 5.02 Å². The van der Waals surface area contributed by atoms with Crippen molar-refractivity contribution < 1.29 is 19.1 Å². The van der Waals surface area contributed by atoms with Crippen molar-refractivity contribution in [3.8, 4) is 5.69 Å². The van der Waals surface area contributed by atoms with Crippen molar-refractivity contribution in [1.82, 2.24) is 9.78 Å². The molecule has 0 aliphatic carbocycles. The number of nitrogens with two attached hydrogens (primary N) is 1. The monoisotopic (exact) mass is 463 g/mol. The lowest BCUT2D eigenvalue weighted by molar-refractivity contribution is 0.0697. The minimum absolute atomic E-state index is 0.0253. The molecule has 1 unspecified atom stereocenters. The number of anilines is 1. The second kappa shape index (κ2) is 9.26. The van der Waals surface area contributed by atoms with Crippen LogP contribution >= 0.6 is 11.6 Å². The highest BCUT2D eigenvalue weighted by Gasteiger charge is 2.23. The van der Waals surface area contributed by atoms with Gasteiger partial charge in [-0.3, -0.25) is 4.79 Å². The maximum absolute atomic E-state index is 13.5. The highest BCUT2D eigenvalue weighted by atomic mass is 35.5. The van der Waals surface area contributed by atoms with E-state index < -0.39 is 11.9 Å². The molecular weight excluding hydrogens is 445 g/mol. The molecule has 0 amide bonds. The summed E-state index contributed by atoms with van der Waals surface area (Å²) < 4.78 is 14.8. The third kappa shape index (κ3) is 4.78. The molecule has 1 aromatic heterocycles. The number of aromatic carboxylic acids is 1. The van der Waals surface area contributed by atoms with E-state index in [1.165, 1.54) is 23.0 Å². The molecule has 0 fully saturated rings. The van der Waals surface area contributed by atoms with Crippen LogP contribution in [0.3, 0.4) is 0 Å². The van der Waals surface area contributed by atoms with E-state index in [0.717, 1.165) is 5.56 Å². The molecule has 0 aliphatic heterocycles. The van der Waals surface area contributed by atoms with Gasteiger partial charge in [-0.15, -0.1) is 0 Å². The van der Waals surface area contributed by atoms with Crippen LogP contribution in [0.15, 0.2) is 79.0 Å². The van der Waals surface area contributed by atoms with Gasteiger partial charge in [0, 0.05) is 10.6 Å². The number of carboxylic acid groups (broad SMARTS) is 1. The van der Waals surface area contributed by atoms with Gasteiger partial charge in [0.15, 0.2) is 5.78 Å². The van der Waals surface area contributed by atoms with Crippen LogP contribution < -0.4 is 5.73 Å². The summed E-state index contributed by atoms with van der Waals surface area (Å²) in [6.45, 7) is 0. The van der Waals surface area contributed by atoms with Gasteiger partial charge in [0.2, 0.25) is 0 Å². The number of hydrogen-bond donors (Lipinski definition) is 2. The molecule has 33 heavy (non-hydrogen) atoms. The molecule has 6 nitrogen and oxygen atoms in total. The van der Waals surface area contributed by atoms with Crippen molar-refractivity contribution in [1.29, 1.82) is 0 Å². The van der Waals surface area contributed by atoms with Crippen molar-refractivity contribution >= 4 is 29.2 Å². The molecule has 166 valence electrons. The highest BCUT2D eigenvalue weighted by molar-refractivity contribution is 6.30. The Balaban J connectivity index is 1.63. The fourth-order valence-corrected chi connectivity index (χ4v) is 3.74. The second-order valence-corrected chi connectivity index (χ2v) is 7.94. The summed E-state index contributed by atoms with van der Waals surface area (Å²) in [5, 5.41) is 13.7. The molecule has 4 rings (SSSR count). The molecule has 0 spiro atoms. The van der Waals surface area contributed by atoms with Gasteiger partial charge in [-0.1, -0.05) is 35.9 Å². The van der Waals surface area contributed by atoms with Crippen LogP contribution in [0, 0.1) is 5.82 Å². The van der Waals surface area contributed by atoms with E-state index in [2.05, 4.69) is 5.10 Å². The number of nitrogen functional groups attached to an aromatic ring is 1. The Kier molecular flexibility index (Phi) is 6.24. The molecule has 1 atom stereocenters. The van der Waals surface area contributed by atoms with Crippen LogP contribution in [-0.4, -0.2) is 26.6 Å². The highest BCUT2D eigenvalue weighted by Crippen LogP contribution is 2.27. The zero-order valence-corrected chi connectivity index (χ0v) is 18.0. The van der Waals surface area contributed by atoms with E-state index in [0.29, 0.717) is 28.3 Å². The molecule has 0 bridgehead atoms. The van der Waals surface area contributed by atoms with Crippen LogP contribution in [0.5, 0.6) is 0 Å². The Hall–Kier alpha value is -3.97. The summed E-state index contributed by atoms with van der Waals surface area (Å²) >= 11 is 5.95. The third-order valence-corrected chi connectivity index (χ3v) is 5.63. The standard InChI is InChI=1S/C25H19ClFN3O3/c26-18-7-3-17(4-8-18)23(31)21(16-5-9-19(27)10-6-16)13-15-1-11-20(12-2-15)30-24(28)22(14-29-30)25(32)33/h1-12,14,21H,13,28H2,(H,32,33). The zero-order valence-electron chi connectivity index (χ0n) is 17.3. The average molecular weight is 464 g/mol. The molecule has 0 saturated carbocycles. The van der Waals surface area contributed by atoms with Crippen LogP contribution in [0.25, 0.3) is 5.69 Å². The van der Waals surface area contributed by atoms with E-state index in [1.54, 1.807) is 48.5 Å². The number of Topliss-reactive ketones (excluding diaryl/α,β-unsaturated/α-hetero) is 1. The first-order chi connectivity index (χ1) is 15.8. The van der Waals surface area contributed by atoms with E-state index >= 15 is 0 Å². The van der Waals surface area contributed by atoms with Gasteiger partial charge < -0.3 is 10.8 Å². The van der Waals surface area contributed by atoms with Crippen LogP contribution in [0.4, 0.5) is 10.2 Å². The van der Waals surface area contributed by atoms with Gasteiger partial charge in [-0.2, -0.15) is 5.10 Å². The molecular formula is C25H19ClFN3O3. The fourth-order valence-electron chi connectivity index (χ4n) is 3.61. The number of ketones is 1. The topological polar surface area (TPSA) is 98.2 Å². The molecule has 3 aromatic carbocycles. The van der Waals surface area contributed by atoms with Gasteiger partial charge >= 0.3 is 5.97 Å². The number of halogens is 2. The molecule has 0 aliphatic rings. The van der Waals surface area contributed by atoms with E-state index in [-0.39, 0.29) is 23.0 Å². The Morgan fingerprint density at radius 1 is 1.00 bits per heavy atom. The second-order valence-electron chi connectivity index (χ2n) is 7.51. The summed E-state index contributed by atoms with van der Waals surface area (Å²) in [4.78, 5) is 24.5. The smallest absolute Gasteiger partial charge is 0.341 e. The maximum atomic E-state index is 13.5. The van der Waals surface area contributed by atoms with Crippen LogP contribution in [-0.2, 0) is 6.42 Å². The minimum atomic E-state index is -1.15. The minimum Gasteiger partial charge on any atom is -0.477 e. The summed E-state index contributed by atoms with van der Waals surface area (Å²) in [7, 11) is 0. The molecule has 0 saturated heterocycles. The van der Waals surface area contributed by atoms with Gasteiger partial charge in [0.05, 0.1) is 17.8 Å². The molecule has 4 aromatic rings. The number of nitrogens with zero attached hydrogens (tertiary/aromatic N) is 2. The van der Waals surface area contributed by atoms with Crippen molar-refractivity contribution in [3.05, 3.63) is 112 Å². The number of aromatic nitrogens is 2. The number of carbonyl (C=O) groups is 2. The zero-order chi connectivity index (χ0) is 23.5. The summed E-state index contributed by atoms with van der Waals surface area (Å²) in [6, 6.07) is 19.7. The molecule has 0 radical (unpaired) electrons. The molecule has 8 heteroatoms. The predicted molar refractivity (Wildman–Crippen MR) is 124 cm³/mol. The van der Waals surface area contributed by atoms with Gasteiger partial charge in [0.25, 0.3) is 0 Å². The van der Waals surface area contributed by atoms with Crippen LogP contribution in [0.1, 0.15) is 37.8 Å². The first kappa shape index (κ1) is 22.2. The van der Waals surface area contributed by atoms with Crippen molar-refractivity contribution in [3.63, 3.8) is 0 Å². The van der Waals surface area contributed by atoms with E-state index in [4.69, 9.17) is 22.4 Å². The Morgan fingerprint density at radius 3 is 2.21 bits per heavy atom. The quantitative estimate of drug-likeness (QED) is 0.369. The maximum Gasteiger partial charge on any atom is 0.341 e. The largest absolute Gasteiger partial charge is 0.477 e. The number of benzene rings is 3. The summed E-state index contributed by atoms with van der Waals surface area (Å²) in [5.41, 5.74) is 8.47. The van der Waals surface area contributed by atoms with Gasteiger partial charge in [-0.25, -0.2) is 13.9 Å². The molecule has 1 heterocycles. The Bertz CT molecular complexity index is 1300. The lowest BCUT2D eigenvalue weighted by Gasteiger charge is -2.17. The third-order valence-electron chi connectivity index (χ3n) is 5.38.